The zero-order valence-electron chi connectivity index (χ0n) is 12.4. The lowest BCUT2D eigenvalue weighted by atomic mass is 10.3. The van der Waals surface area contributed by atoms with Gasteiger partial charge in [-0.15, -0.1) is 5.10 Å². The molecule has 2 rings (SSSR count). The molecule has 1 aromatic carbocycles. The lowest BCUT2D eigenvalue weighted by Gasteiger charge is -2.07. The summed E-state index contributed by atoms with van der Waals surface area (Å²) < 4.78 is 39.0. The van der Waals surface area contributed by atoms with Gasteiger partial charge in [0, 0.05) is 24.3 Å². The van der Waals surface area contributed by atoms with Crippen LogP contribution >= 0.6 is 11.6 Å². The van der Waals surface area contributed by atoms with E-state index in [1.54, 1.807) is 18.2 Å². The number of rotatable bonds is 4. The van der Waals surface area contributed by atoms with Crippen molar-refractivity contribution in [2.24, 2.45) is 7.05 Å². The maximum atomic E-state index is 12.6. The number of hydrogen-bond donors (Lipinski definition) is 2. The molecule has 7 nitrogen and oxygen atoms in total. The van der Waals surface area contributed by atoms with Crippen LogP contribution in [0, 0.1) is 0 Å². The summed E-state index contributed by atoms with van der Waals surface area (Å²) in [5.74, 6) is -1.30. The predicted molar refractivity (Wildman–Crippen MR) is 80.9 cm³/mol. The highest BCUT2D eigenvalue weighted by molar-refractivity contribution is 6.30. The summed E-state index contributed by atoms with van der Waals surface area (Å²) in [4.78, 5) is 23.3. The Morgan fingerprint density at radius 2 is 2.08 bits per heavy atom. The third-order valence-electron chi connectivity index (χ3n) is 2.99. The van der Waals surface area contributed by atoms with Crippen LogP contribution in [-0.2, 0) is 19.8 Å². The fourth-order valence-electron chi connectivity index (χ4n) is 1.90. The van der Waals surface area contributed by atoms with Gasteiger partial charge in [-0.2, -0.15) is 13.2 Å². The third kappa shape index (κ3) is 4.28. The molecular formula is C13H13ClF3N5O2. The second-order valence-electron chi connectivity index (χ2n) is 4.78. The van der Waals surface area contributed by atoms with E-state index in [0.29, 0.717) is 20.0 Å². The van der Waals surface area contributed by atoms with Crippen molar-refractivity contribution in [3.63, 3.8) is 0 Å². The van der Waals surface area contributed by atoms with Crippen molar-refractivity contribution in [2.45, 2.75) is 12.7 Å². The van der Waals surface area contributed by atoms with Crippen molar-refractivity contribution < 1.29 is 18.0 Å². The molecule has 0 aliphatic rings. The van der Waals surface area contributed by atoms with E-state index in [9.17, 15) is 22.8 Å². The fraction of sp³-hybridized carbons (Fsp3) is 0.308. The molecular weight excluding hydrogens is 351 g/mol. The maximum absolute atomic E-state index is 12.6. The molecule has 1 aromatic heterocycles. The van der Waals surface area contributed by atoms with Gasteiger partial charge in [-0.25, -0.2) is 14.3 Å². The van der Waals surface area contributed by atoms with Crippen molar-refractivity contribution in [3.05, 3.63) is 45.6 Å². The van der Waals surface area contributed by atoms with Crippen molar-refractivity contribution in [1.82, 2.24) is 19.7 Å². The topological polar surface area (TPSA) is 81.0 Å². The molecule has 0 saturated carbocycles. The lowest BCUT2D eigenvalue weighted by Crippen LogP contribution is -2.34. The van der Waals surface area contributed by atoms with Gasteiger partial charge in [-0.05, 0) is 18.2 Å². The number of anilines is 1. The van der Waals surface area contributed by atoms with E-state index in [0.717, 1.165) is 7.05 Å². The molecule has 0 aliphatic carbocycles. The Balaban J connectivity index is 1.93. The van der Waals surface area contributed by atoms with Crippen LogP contribution in [0.5, 0.6) is 0 Å². The molecule has 2 N–H and O–H groups in total. The summed E-state index contributed by atoms with van der Waals surface area (Å²) in [6, 6.07) is 5.84. The standard InChI is InChI=1S/C13H13ClF3N5O2/c1-21-10(13(15,16)17)20-22(12(21)24)6-5-18-11(23)19-9-4-2-3-8(14)7-9/h2-4,7H,5-6H2,1H3,(H2,18,19,23). The molecule has 0 aliphatic heterocycles. The SMILES string of the molecule is Cn1c(C(F)(F)F)nn(CCNC(=O)Nc2cccc(Cl)c2)c1=O. The number of aromatic nitrogens is 3. The van der Waals surface area contributed by atoms with E-state index in [1.807, 2.05) is 0 Å². The lowest BCUT2D eigenvalue weighted by molar-refractivity contribution is -0.147. The van der Waals surface area contributed by atoms with Gasteiger partial charge in [-0.1, -0.05) is 17.7 Å². The molecule has 2 amide bonds. The average Bonchev–Trinajstić information content (AvgIpc) is 2.75. The van der Waals surface area contributed by atoms with Crippen LogP contribution in [0.25, 0.3) is 0 Å². The quantitative estimate of drug-likeness (QED) is 0.872. The van der Waals surface area contributed by atoms with Crippen LogP contribution in [0.2, 0.25) is 5.02 Å². The second-order valence-corrected chi connectivity index (χ2v) is 5.21. The largest absolute Gasteiger partial charge is 0.451 e. The van der Waals surface area contributed by atoms with E-state index in [2.05, 4.69) is 15.7 Å². The molecule has 130 valence electrons. The van der Waals surface area contributed by atoms with Crippen LogP contribution < -0.4 is 16.3 Å². The van der Waals surface area contributed by atoms with Crippen molar-refractivity contribution >= 4 is 23.3 Å². The Kier molecular flexibility index (Phi) is 5.17. The highest BCUT2D eigenvalue weighted by Crippen LogP contribution is 2.25. The van der Waals surface area contributed by atoms with Gasteiger partial charge in [0.2, 0.25) is 5.82 Å². The number of urea groups is 1. The monoisotopic (exact) mass is 363 g/mol. The van der Waals surface area contributed by atoms with E-state index in [-0.39, 0.29) is 13.1 Å². The zero-order valence-corrected chi connectivity index (χ0v) is 13.1. The third-order valence-corrected chi connectivity index (χ3v) is 3.22. The molecule has 2 aromatic rings. The van der Waals surface area contributed by atoms with Crippen molar-refractivity contribution in [2.75, 3.05) is 11.9 Å². The molecule has 1 heterocycles. The number of benzene rings is 1. The van der Waals surface area contributed by atoms with Gasteiger partial charge >= 0.3 is 17.9 Å². The van der Waals surface area contributed by atoms with Gasteiger partial charge in [0.15, 0.2) is 0 Å². The number of nitrogens with one attached hydrogen (secondary N) is 2. The number of carbonyl (C=O) groups is 1. The molecule has 0 fully saturated rings. The Bertz CT molecular complexity index is 800. The summed E-state index contributed by atoms with van der Waals surface area (Å²) >= 11 is 5.77. The molecule has 0 radical (unpaired) electrons. The second kappa shape index (κ2) is 6.95. The molecule has 0 saturated heterocycles. The molecule has 24 heavy (non-hydrogen) atoms. The van der Waals surface area contributed by atoms with Gasteiger partial charge < -0.3 is 10.6 Å². The first-order valence-electron chi connectivity index (χ1n) is 6.70. The summed E-state index contributed by atoms with van der Waals surface area (Å²) in [5.41, 5.74) is -0.464. The summed E-state index contributed by atoms with van der Waals surface area (Å²) in [6.07, 6.45) is -4.73. The summed E-state index contributed by atoms with van der Waals surface area (Å²) in [5, 5.41) is 8.57. The number of carbonyl (C=O) groups excluding carboxylic acids is 1. The Labute approximate surface area is 139 Å². The van der Waals surface area contributed by atoms with Crippen molar-refractivity contribution in [3.8, 4) is 0 Å². The number of amides is 2. The predicted octanol–water partition coefficient (Wildman–Crippen LogP) is 2.08. The molecule has 11 heteroatoms. The van der Waals surface area contributed by atoms with Crippen LogP contribution in [0.15, 0.2) is 29.1 Å². The maximum Gasteiger partial charge on any atom is 0.451 e. The first-order valence-corrected chi connectivity index (χ1v) is 7.07. The zero-order chi connectivity index (χ0) is 17.9. The van der Waals surface area contributed by atoms with Crippen LogP contribution in [-0.4, -0.2) is 26.9 Å². The van der Waals surface area contributed by atoms with Gasteiger partial charge in [0.05, 0.1) is 6.54 Å². The van der Waals surface area contributed by atoms with Crippen LogP contribution in [0.1, 0.15) is 5.82 Å². The van der Waals surface area contributed by atoms with E-state index in [4.69, 9.17) is 11.6 Å². The molecule has 0 bridgehead atoms. The van der Waals surface area contributed by atoms with E-state index < -0.39 is 23.7 Å². The average molecular weight is 364 g/mol. The molecule has 0 spiro atoms. The van der Waals surface area contributed by atoms with Gasteiger partial charge in [0.1, 0.15) is 0 Å². The minimum atomic E-state index is -4.73. The number of alkyl halides is 3. The summed E-state index contributed by atoms with van der Waals surface area (Å²) in [7, 11) is 0.980. The Morgan fingerprint density at radius 1 is 1.38 bits per heavy atom. The fourth-order valence-corrected chi connectivity index (χ4v) is 2.09. The van der Waals surface area contributed by atoms with Crippen LogP contribution in [0.4, 0.5) is 23.7 Å². The van der Waals surface area contributed by atoms with Crippen molar-refractivity contribution in [1.29, 1.82) is 0 Å². The molecule has 0 unspecified atom stereocenters. The minimum absolute atomic E-state index is 0.0827. The Hall–Kier alpha value is -2.49. The first-order chi connectivity index (χ1) is 11.2. The van der Waals surface area contributed by atoms with Crippen LogP contribution in [0.3, 0.4) is 0 Å². The number of nitrogens with zero attached hydrogens (tertiary/aromatic N) is 3. The number of halogens is 4. The summed E-state index contributed by atoms with van der Waals surface area (Å²) in [6.45, 7) is -0.285. The normalized spacial score (nSPS) is 11.4. The van der Waals surface area contributed by atoms with E-state index >= 15 is 0 Å². The highest BCUT2D eigenvalue weighted by atomic mass is 35.5. The first kappa shape index (κ1) is 17.9. The Morgan fingerprint density at radius 3 is 2.67 bits per heavy atom. The smallest absolute Gasteiger partial charge is 0.336 e. The minimum Gasteiger partial charge on any atom is -0.336 e. The number of hydrogen-bond acceptors (Lipinski definition) is 3. The highest BCUT2D eigenvalue weighted by Gasteiger charge is 2.37. The van der Waals surface area contributed by atoms with Gasteiger partial charge in [-0.3, -0.25) is 4.57 Å². The van der Waals surface area contributed by atoms with Gasteiger partial charge in [0.25, 0.3) is 0 Å². The van der Waals surface area contributed by atoms with E-state index in [1.165, 1.54) is 6.07 Å². The molecule has 0 atom stereocenters.